The molecule has 3 rings (SSSR count). The van der Waals surface area contributed by atoms with Crippen molar-refractivity contribution < 1.29 is 9.90 Å². The van der Waals surface area contributed by atoms with Crippen molar-refractivity contribution in [2.45, 2.75) is 12.8 Å². The zero-order chi connectivity index (χ0) is 17.1. The van der Waals surface area contributed by atoms with Crippen LogP contribution in [0.4, 0.5) is 17.1 Å². The lowest BCUT2D eigenvalue weighted by Crippen LogP contribution is -2.18. The average molecular weight is 324 g/mol. The summed E-state index contributed by atoms with van der Waals surface area (Å²) in [6.45, 7) is 0. The van der Waals surface area contributed by atoms with Gasteiger partial charge in [0, 0.05) is 12.0 Å². The molecule has 120 valence electrons. The van der Waals surface area contributed by atoms with Crippen LogP contribution in [-0.4, -0.2) is 16.6 Å². The molecule has 0 radical (unpaired) electrons. The highest BCUT2D eigenvalue weighted by molar-refractivity contribution is 6.17. The predicted octanol–water partition coefficient (Wildman–Crippen LogP) is 3.98. The maximum Gasteiger partial charge on any atom is 0.167 e. The molecule has 8 nitrogen and oxygen atoms in total. The van der Waals surface area contributed by atoms with Crippen LogP contribution in [0.15, 0.2) is 51.9 Å². The molecule has 0 saturated carbocycles. The number of nitrogens with zero attached hydrogens (tertiary/aromatic N) is 3. The van der Waals surface area contributed by atoms with Gasteiger partial charge in [-0.3, -0.25) is 10.2 Å². The number of carbonyl (C=O) groups excluding carboxylic acids is 1. The van der Waals surface area contributed by atoms with E-state index in [4.69, 9.17) is 0 Å². The number of Topliss-reactive ketones (excluding diaryl/α,β-unsaturated/α-hetero) is 1. The largest absolute Gasteiger partial charge is 0.507 e. The van der Waals surface area contributed by atoms with Crippen molar-refractivity contribution >= 4 is 28.6 Å². The summed E-state index contributed by atoms with van der Waals surface area (Å²) < 4.78 is 0. The van der Waals surface area contributed by atoms with Crippen LogP contribution in [0.5, 0.6) is 5.75 Å². The highest BCUT2D eigenvalue weighted by atomic mass is 16.3. The Balaban J connectivity index is 1.95. The molecule has 2 aromatic carbocycles. The van der Waals surface area contributed by atoms with Gasteiger partial charge in [0.2, 0.25) is 0 Å². The van der Waals surface area contributed by atoms with Crippen LogP contribution < -0.4 is 5.43 Å². The van der Waals surface area contributed by atoms with Crippen LogP contribution in [0, 0.1) is 9.81 Å². The van der Waals surface area contributed by atoms with E-state index in [1.54, 1.807) is 12.1 Å². The van der Waals surface area contributed by atoms with Gasteiger partial charge in [0.1, 0.15) is 17.1 Å². The van der Waals surface area contributed by atoms with Gasteiger partial charge in [0.25, 0.3) is 0 Å². The van der Waals surface area contributed by atoms with E-state index in [1.165, 1.54) is 24.3 Å². The summed E-state index contributed by atoms with van der Waals surface area (Å²) in [5, 5.41) is 19.7. The number of hydrazone groups is 1. The molecule has 0 spiro atoms. The molecule has 8 heteroatoms. The third-order valence-corrected chi connectivity index (χ3v) is 3.65. The Hall–Kier alpha value is -3.42. The minimum atomic E-state index is -0.137. The fourth-order valence-corrected chi connectivity index (χ4v) is 2.58. The van der Waals surface area contributed by atoms with Crippen LogP contribution in [0.25, 0.3) is 0 Å². The molecule has 0 heterocycles. The second-order valence-electron chi connectivity index (χ2n) is 5.21. The van der Waals surface area contributed by atoms with E-state index in [1.807, 2.05) is 0 Å². The van der Waals surface area contributed by atoms with Gasteiger partial charge in [-0.25, -0.2) is 0 Å². The number of hydrogen-bond donors (Lipinski definition) is 2. The molecule has 0 amide bonds. The highest BCUT2D eigenvalue weighted by Crippen LogP contribution is 2.30. The Kier molecular flexibility index (Phi) is 4.11. The van der Waals surface area contributed by atoms with Crippen LogP contribution >= 0.6 is 0 Å². The third-order valence-electron chi connectivity index (χ3n) is 3.65. The van der Waals surface area contributed by atoms with Gasteiger partial charge < -0.3 is 5.11 Å². The van der Waals surface area contributed by atoms with E-state index in [9.17, 15) is 19.7 Å². The number of hydrogen-bond acceptors (Lipinski definition) is 8. The van der Waals surface area contributed by atoms with Crippen molar-refractivity contribution in [3.63, 3.8) is 0 Å². The van der Waals surface area contributed by atoms with E-state index in [0.29, 0.717) is 23.4 Å². The zero-order valence-corrected chi connectivity index (χ0v) is 12.4. The number of anilines is 1. The van der Waals surface area contributed by atoms with Crippen LogP contribution in [0.1, 0.15) is 28.8 Å². The number of nitrogens with one attached hydrogen (secondary N) is 1. The van der Waals surface area contributed by atoms with Gasteiger partial charge in [0.05, 0.1) is 17.0 Å². The Labute approximate surface area is 136 Å². The lowest BCUT2D eigenvalue weighted by Gasteiger charge is -2.18. The van der Waals surface area contributed by atoms with E-state index >= 15 is 0 Å². The number of phenols is 1. The second-order valence-corrected chi connectivity index (χ2v) is 5.21. The second kappa shape index (κ2) is 6.37. The molecule has 24 heavy (non-hydrogen) atoms. The molecule has 2 aromatic rings. The number of nitroso groups, excluding NO2 is 2. The van der Waals surface area contributed by atoms with Crippen molar-refractivity contribution in [1.29, 1.82) is 0 Å². The van der Waals surface area contributed by atoms with Crippen LogP contribution in [0.3, 0.4) is 0 Å². The predicted molar refractivity (Wildman–Crippen MR) is 89.2 cm³/mol. The van der Waals surface area contributed by atoms with Crippen molar-refractivity contribution in [1.82, 2.24) is 0 Å². The van der Waals surface area contributed by atoms with E-state index in [-0.39, 0.29) is 34.9 Å². The SMILES string of the molecule is O=Nc1cc(N=O)cc(N/N=C2\CCC(=O)c3c(O)cccc32)c1. The zero-order valence-electron chi connectivity index (χ0n) is 12.4. The fraction of sp³-hybridized carbons (Fsp3) is 0.125. The summed E-state index contributed by atoms with van der Waals surface area (Å²) in [5.74, 6) is -0.217. The Morgan fingerprint density at radius 3 is 2.38 bits per heavy atom. The number of phenolic OH excluding ortho intramolecular Hbond substituents is 1. The van der Waals surface area contributed by atoms with Crippen molar-refractivity contribution in [2.24, 2.45) is 15.5 Å². The Morgan fingerprint density at radius 2 is 1.71 bits per heavy atom. The van der Waals surface area contributed by atoms with Gasteiger partial charge in [-0.05, 0) is 41.0 Å². The van der Waals surface area contributed by atoms with E-state index in [0.717, 1.165) is 0 Å². The number of rotatable bonds is 4. The summed E-state index contributed by atoms with van der Waals surface area (Å²) in [6, 6.07) is 8.88. The Morgan fingerprint density at radius 1 is 1.00 bits per heavy atom. The van der Waals surface area contributed by atoms with E-state index < -0.39 is 0 Å². The Bertz CT molecular complexity index is 850. The molecule has 0 saturated heterocycles. The quantitative estimate of drug-likeness (QED) is 0.651. The third kappa shape index (κ3) is 2.89. The van der Waals surface area contributed by atoms with Crippen molar-refractivity contribution in [2.75, 3.05) is 5.43 Å². The van der Waals surface area contributed by atoms with Crippen molar-refractivity contribution in [3.8, 4) is 5.75 Å². The smallest absolute Gasteiger partial charge is 0.167 e. The normalized spacial score (nSPS) is 15.0. The molecule has 0 atom stereocenters. The summed E-state index contributed by atoms with van der Waals surface area (Å²) in [5.41, 5.74) is 4.59. The number of carbonyl (C=O) groups is 1. The van der Waals surface area contributed by atoms with Gasteiger partial charge >= 0.3 is 0 Å². The molecule has 2 N–H and O–H groups in total. The first-order chi connectivity index (χ1) is 11.6. The number of ketones is 1. The summed E-state index contributed by atoms with van der Waals surface area (Å²) in [6.07, 6.45) is 0.648. The highest BCUT2D eigenvalue weighted by Gasteiger charge is 2.25. The first-order valence-corrected chi connectivity index (χ1v) is 7.12. The first-order valence-electron chi connectivity index (χ1n) is 7.12. The molecule has 0 fully saturated rings. The fourth-order valence-electron chi connectivity index (χ4n) is 2.58. The summed E-state index contributed by atoms with van der Waals surface area (Å²) in [4.78, 5) is 33.3. The van der Waals surface area contributed by atoms with Gasteiger partial charge in [0.15, 0.2) is 5.78 Å². The molecule has 0 aliphatic heterocycles. The van der Waals surface area contributed by atoms with E-state index in [2.05, 4.69) is 20.9 Å². The van der Waals surface area contributed by atoms with Gasteiger partial charge in [-0.1, -0.05) is 12.1 Å². The molecule has 0 bridgehead atoms. The van der Waals surface area contributed by atoms with Crippen molar-refractivity contribution in [3.05, 3.63) is 57.3 Å². The first kappa shape index (κ1) is 15.5. The standard InChI is InChI=1S/C16H12N4O4/c21-14-3-1-2-12-13(4-5-15(22)16(12)14)18-17-9-6-10(19-23)8-11(7-9)20-24/h1-3,6-8,17,21H,4-5H2/b18-13+. The summed E-state index contributed by atoms with van der Waals surface area (Å²) >= 11 is 0. The lowest BCUT2D eigenvalue weighted by molar-refractivity contribution is 0.0979. The number of benzene rings is 2. The number of fused-ring (bicyclic) bond motifs is 1. The van der Waals surface area contributed by atoms with Gasteiger partial charge in [-0.15, -0.1) is 9.81 Å². The molecule has 0 aromatic heterocycles. The average Bonchev–Trinajstić information content (AvgIpc) is 2.60. The maximum atomic E-state index is 12.0. The lowest BCUT2D eigenvalue weighted by atomic mass is 9.88. The van der Waals surface area contributed by atoms with Gasteiger partial charge in [-0.2, -0.15) is 5.10 Å². The monoisotopic (exact) mass is 324 g/mol. The molecular weight excluding hydrogens is 312 g/mol. The topological polar surface area (TPSA) is 121 Å². The molecule has 1 aliphatic carbocycles. The maximum absolute atomic E-state index is 12.0. The minimum absolute atomic E-state index is 0.0478. The number of aromatic hydroxyl groups is 1. The minimum Gasteiger partial charge on any atom is -0.507 e. The van der Waals surface area contributed by atoms with Crippen LogP contribution in [-0.2, 0) is 0 Å². The van der Waals surface area contributed by atoms with Crippen LogP contribution in [0.2, 0.25) is 0 Å². The summed E-state index contributed by atoms with van der Waals surface area (Å²) in [7, 11) is 0. The molecule has 1 aliphatic rings. The molecular formula is C16H12N4O4. The molecule has 0 unspecified atom stereocenters.